The number of benzene rings is 1. The largest absolute Gasteiger partial charge is 0.324 e. The van der Waals surface area contributed by atoms with Gasteiger partial charge in [-0.1, -0.05) is 39.8 Å². The Morgan fingerprint density at radius 3 is 2.21 bits per heavy atom. The van der Waals surface area contributed by atoms with E-state index in [1.165, 1.54) is 5.56 Å². The van der Waals surface area contributed by atoms with Crippen LogP contribution in [0.5, 0.6) is 0 Å². The van der Waals surface area contributed by atoms with Gasteiger partial charge in [0.15, 0.2) is 0 Å². The molecular formula is C20H26N4. The number of pyridine rings is 1. The summed E-state index contributed by atoms with van der Waals surface area (Å²) in [4.78, 5) is 12.8. The van der Waals surface area contributed by atoms with Crippen LogP contribution in [0.4, 0.5) is 11.6 Å². The molecule has 0 bridgehead atoms. The third-order valence-electron chi connectivity index (χ3n) is 2.91. The summed E-state index contributed by atoms with van der Waals surface area (Å²) >= 11 is 0. The molecule has 4 heteroatoms. The molecule has 0 aliphatic carbocycles. The minimum atomic E-state index is 0.588. The second-order valence-corrected chi connectivity index (χ2v) is 4.50. The van der Waals surface area contributed by atoms with Gasteiger partial charge >= 0.3 is 0 Å². The molecule has 0 fully saturated rings. The fourth-order valence-corrected chi connectivity index (χ4v) is 1.95. The van der Waals surface area contributed by atoms with E-state index >= 15 is 0 Å². The third kappa shape index (κ3) is 5.80. The molecule has 126 valence electrons. The van der Waals surface area contributed by atoms with Crippen molar-refractivity contribution in [3.63, 3.8) is 0 Å². The van der Waals surface area contributed by atoms with E-state index in [1.807, 2.05) is 58.0 Å². The van der Waals surface area contributed by atoms with Crippen molar-refractivity contribution in [2.24, 2.45) is 0 Å². The summed E-state index contributed by atoms with van der Waals surface area (Å²) < 4.78 is 0. The smallest absolute Gasteiger partial charge is 0.227 e. The van der Waals surface area contributed by atoms with Crippen molar-refractivity contribution in [2.75, 3.05) is 5.32 Å². The lowest BCUT2D eigenvalue weighted by Crippen LogP contribution is -1.98. The lowest BCUT2D eigenvalue weighted by molar-refractivity contribution is 1.17. The first kappa shape index (κ1) is 19.3. The molecule has 2 aromatic heterocycles. The molecule has 0 aliphatic rings. The maximum Gasteiger partial charge on any atom is 0.227 e. The van der Waals surface area contributed by atoms with Crippen LogP contribution in [-0.4, -0.2) is 15.0 Å². The van der Waals surface area contributed by atoms with Crippen LogP contribution < -0.4 is 5.32 Å². The number of aromatic nitrogens is 3. The number of hydrogen-bond donors (Lipinski definition) is 1. The first-order chi connectivity index (χ1) is 11.8. The minimum Gasteiger partial charge on any atom is -0.324 e. The summed E-state index contributed by atoms with van der Waals surface area (Å²) in [6.07, 6.45) is 5.26. The van der Waals surface area contributed by atoms with E-state index in [-0.39, 0.29) is 0 Å². The number of anilines is 2. The number of aryl methyl sites for hydroxylation is 1. The molecule has 0 radical (unpaired) electrons. The Bertz CT molecular complexity index is 712. The van der Waals surface area contributed by atoms with Gasteiger partial charge in [0.05, 0.1) is 5.69 Å². The molecule has 24 heavy (non-hydrogen) atoms. The van der Waals surface area contributed by atoms with Crippen LogP contribution in [0.1, 0.15) is 33.3 Å². The summed E-state index contributed by atoms with van der Waals surface area (Å²) in [6.45, 7) is 10.1. The molecular weight excluding hydrogens is 296 g/mol. The Labute approximate surface area is 145 Å². The first-order valence-corrected chi connectivity index (χ1v) is 8.38. The van der Waals surface area contributed by atoms with Crippen LogP contribution >= 0.6 is 0 Å². The lowest BCUT2D eigenvalue weighted by Gasteiger charge is -2.07. The van der Waals surface area contributed by atoms with E-state index in [4.69, 9.17) is 0 Å². The molecule has 0 saturated carbocycles. The zero-order valence-electron chi connectivity index (χ0n) is 15.1. The molecule has 0 spiro atoms. The number of nitrogens with one attached hydrogen (secondary N) is 1. The SMILES string of the molecule is CC.CC.Cc1cccc(Nc2nccc(-c3ccncc3)n2)c1. The predicted octanol–water partition coefficient (Wildman–Crippen LogP) is 5.64. The molecule has 0 saturated heterocycles. The molecule has 2 heterocycles. The summed E-state index contributed by atoms with van der Waals surface area (Å²) in [5.74, 6) is 0.588. The fourth-order valence-electron chi connectivity index (χ4n) is 1.95. The zero-order valence-corrected chi connectivity index (χ0v) is 15.1. The van der Waals surface area contributed by atoms with Crippen LogP contribution in [0.25, 0.3) is 11.3 Å². The van der Waals surface area contributed by atoms with Crippen molar-refractivity contribution in [1.82, 2.24) is 15.0 Å². The minimum absolute atomic E-state index is 0.588. The molecule has 0 unspecified atom stereocenters. The Morgan fingerprint density at radius 2 is 1.54 bits per heavy atom. The van der Waals surface area contributed by atoms with Gasteiger partial charge in [-0.15, -0.1) is 0 Å². The average Bonchev–Trinajstić information content (AvgIpc) is 2.66. The molecule has 4 nitrogen and oxygen atoms in total. The topological polar surface area (TPSA) is 50.7 Å². The van der Waals surface area contributed by atoms with E-state index in [0.29, 0.717) is 5.95 Å². The molecule has 0 amide bonds. The van der Waals surface area contributed by atoms with Gasteiger partial charge in [0.1, 0.15) is 0 Å². The van der Waals surface area contributed by atoms with Gasteiger partial charge in [-0.3, -0.25) is 4.98 Å². The quantitative estimate of drug-likeness (QED) is 0.677. The van der Waals surface area contributed by atoms with Gasteiger partial charge in [0.25, 0.3) is 0 Å². The van der Waals surface area contributed by atoms with Crippen LogP contribution in [0.15, 0.2) is 61.1 Å². The van der Waals surface area contributed by atoms with Crippen LogP contribution in [0, 0.1) is 6.92 Å². The average molecular weight is 322 g/mol. The molecule has 0 aliphatic heterocycles. The molecule has 1 N–H and O–H groups in total. The van der Waals surface area contributed by atoms with Gasteiger partial charge in [-0.25, -0.2) is 9.97 Å². The second-order valence-electron chi connectivity index (χ2n) is 4.50. The normalized spacial score (nSPS) is 9.04. The van der Waals surface area contributed by atoms with Crippen LogP contribution in [-0.2, 0) is 0 Å². The first-order valence-electron chi connectivity index (χ1n) is 8.38. The van der Waals surface area contributed by atoms with E-state index in [2.05, 4.69) is 39.3 Å². The molecule has 1 aromatic carbocycles. The summed E-state index contributed by atoms with van der Waals surface area (Å²) in [5.41, 5.74) is 4.07. The number of hydrogen-bond acceptors (Lipinski definition) is 4. The Morgan fingerprint density at radius 1 is 0.833 bits per heavy atom. The summed E-state index contributed by atoms with van der Waals surface area (Å²) in [5, 5.41) is 3.22. The molecule has 0 atom stereocenters. The predicted molar refractivity (Wildman–Crippen MR) is 102 cm³/mol. The Balaban J connectivity index is 0.000000671. The highest BCUT2D eigenvalue weighted by atomic mass is 15.1. The lowest BCUT2D eigenvalue weighted by atomic mass is 10.2. The molecule has 3 aromatic rings. The number of rotatable bonds is 3. The van der Waals surface area contributed by atoms with E-state index in [9.17, 15) is 0 Å². The van der Waals surface area contributed by atoms with Gasteiger partial charge < -0.3 is 5.32 Å². The third-order valence-corrected chi connectivity index (χ3v) is 2.91. The van der Waals surface area contributed by atoms with Crippen molar-refractivity contribution in [2.45, 2.75) is 34.6 Å². The van der Waals surface area contributed by atoms with Crippen molar-refractivity contribution in [1.29, 1.82) is 0 Å². The standard InChI is InChI=1S/C16H14N4.2C2H6/c1-12-3-2-4-14(11-12)19-16-18-10-7-15(20-16)13-5-8-17-9-6-13;2*1-2/h2-11H,1H3,(H,18,19,20);2*1-2H3. The van der Waals surface area contributed by atoms with Crippen LogP contribution in [0.3, 0.4) is 0 Å². The van der Waals surface area contributed by atoms with E-state index < -0.39 is 0 Å². The van der Waals surface area contributed by atoms with Gasteiger partial charge in [-0.2, -0.15) is 0 Å². The Hall–Kier alpha value is -2.75. The zero-order chi connectivity index (χ0) is 17.8. The molecule has 3 rings (SSSR count). The van der Waals surface area contributed by atoms with Crippen molar-refractivity contribution < 1.29 is 0 Å². The van der Waals surface area contributed by atoms with Gasteiger partial charge in [-0.05, 0) is 42.8 Å². The highest BCUT2D eigenvalue weighted by Gasteiger charge is 2.02. The van der Waals surface area contributed by atoms with Crippen molar-refractivity contribution >= 4 is 11.6 Å². The van der Waals surface area contributed by atoms with Crippen molar-refractivity contribution in [3.05, 3.63) is 66.6 Å². The van der Waals surface area contributed by atoms with E-state index in [0.717, 1.165) is 16.9 Å². The number of nitrogens with zero attached hydrogens (tertiary/aromatic N) is 3. The fraction of sp³-hybridized carbons (Fsp3) is 0.250. The second kappa shape index (κ2) is 10.9. The maximum absolute atomic E-state index is 4.52. The van der Waals surface area contributed by atoms with E-state index in [1.54, 1.807) is 18.6 Å². The highest BCUT2D eigenvalue weighted by molar-refractivity contribution is 5.61. The van der Waals surface area contributed by atoms with Gasteiger partial charge in [0, 0.05) is 29.8 Å². The monoisotopic (exact) mass is 322 g/mol. The Kier molecular flexibility index (Phi) is 8.76. The van der Waals surface area contributed by atoms with Gasteiger partial charge in [0.2, 0.25) is 5.95 Å². The van der Waals surface area contributed by atoms with Crippen molar-refractivity contribution in [3.8, 4) is 11.3 Å². The highest BCUT2D eigenvalue weighted by Crippen LogP contribution is 2.19. The summed E-state index contributed by atoms with van der Waals surface area (Å²) in [7, 11) is 0. The van der Waals surface area contributed by atoms with Crippen LogP contribution in [0.2, 0.25) is 0 Å². The maximum atomic E-state index is 4.52. The summed E-state index contributed by atoms with van der Waals surface area (Å²) in [6, 6.07) is 13.9.